The van der Waals surface area contributed by atoms with Gasteiger partial charge in [-0.25, -0.2) is 0 Å². The lowest BCUT2D eigenvalue weighted by molar-refractivity contribution is -0.128. The van der Waals surface area contributed by atoms with Crippen LogP contribution in [0.2, 0.25) is 0 Å². The Morgan fingerprint density at radius 3 is 2.64 bits per heavy atom. The molecular formula is C17H21N3O2. The van der Waals surface area contributed by atoms with Crippen molar-refractivity contribution in [2.75, 3.05) is 27.2 Å². The van der Waals surface area contributed by atoms with Crippen LogP contribution in [-0.4, -0.2) is 59.7 Å². The number of nitrogens with one attached hydrogen (secondary N) is 1. The third-order valence-corrected chi connectivity index (χ3v) is 4.58. The Bertz CT molecular complexity index is 699. The third-order valence-electron chi connectivity index (χ3n) is 4.58. The zero-order chi connectivity index (χ0) is 15.7. The van der Waals surface area contributed by atoms with Crippen LogP contribution in [0.25, 0.3) is 10.9 Å². The molecule has 1 aliphatic heterocycles. The molecule has 2 aromatic rings. The van der Waals surface area contributed by atoms with Crippen molar-refractivity contribution in [1.82, 2.24) is 14.8 Å². The predicted molar refractivity (Wildman–Crippen MR) is 85.9 cm³/mol. The number of aromatic nitrogens is 1. The van der Waals surface area contributed by atoms with E-state index in [4.69, 9.17) is 0 Å². The fraction of sp³-hybridized carbons (Fsp3) is 0.412. The predicted octanol–water partition coefficient (Wildman–Crippen LogP) is 1.90. The van der Waals surface area contributed by atoms with Crippen molar-refractivity contribution in [3.8, 4) is 0 Å². The number of amides is 1. The molecule has 1 aliphatic rings. The summed E-state index contributed by atoms with van der Waals surface area (Å²) in [6, 6.07) is 7.69. The highest BCUT2D eigenvalue weighted by Gasteiger charge is 2.29. The van der Waals surface area contributed by atoms with E-state index in [2.05, 4.69) is 16.9 Å². The van der Waals surface area contributed by atoms with Gasteiger partial charge in [-0.1, -0.05) is 18.2 Å². The number of carbonyl (C=O) groups is 2. The van der Waals surface area contributed by atoms with E-state index in [0.717, 1.165) is 36.8 Å². The van der Waals surface area contributed by atoms with Gasteiger partial charge in [0.25, 0.3) is 11.7 Å². The minimum atomic E-state index is -0.432. The van der Waals surface area contributed by atoms with Crippen LogP contribution in [0, 0.1) is 0 Å². The highest BCUT2D eigenvalue weighted by Crippen LogP contribution is 2.20. The molecule has 1 fully saturated rings. The van der Waals surface area contributed by atoms with Crippen molar-refractivity contribution in [2.24, 2.45) is 0 Å². The Morgan fingerprint density at radius 1 is 1.23 bits per heavy atom. The molecule has 0 saturated carbocycles. The molecule has 0 unspecified atom stereocenters. The van der Waals surface area contributed by atoms with Gasteiger partial charge in [0, 0.05) is 30.2 Å². The van der Waals surface area contributed by atoms with Crippen molar-refractivity contribution < 1.29 is 9.59 Å². The smallest absolute Gasteiger partial charge is 0.295 e. The molecule has 0 atom stereocenters. The first kappa shape index (κ1) is 14.8. The molecule has 5 nitrogen and oxygen atoms in total. The number of nitrogens with zero attached hydrogens (tertiary/aromatic N) is 2. The van der Waals surface area contributed by atoms with Crippen molar-refractivity contribution in [3.05, 3.63) is 36.0 Å². The maximum Gasteiger partial charge on any atom is 0.295 e. The normalized spacial score (nSPS) is 16.8. The lowest BCUT2D eigenvalue weighted by Gasteiger charge is -2.34. The van der Waals surface area contributed by atoms with Gasteiger partial charge in [-0.3, -0.25) is 9.59 Å². The molecule has 1 aromatic carbocycles. The van der Waals surface area contributed by atoms with E-state index in [1.165, 1.54) is 0 Å². The number of Topliss-reactive ketones (excluding diaryl/α,β-unsaturated/α-hetero) is 1. The van der Waals surface area contributed by atoms with Gasteiger partial charge in [0.2, 0.25) is 0 Å². The standard InChI is InChI=1S/C17H21N3O2/c1-19-9-7-12(8-10-19)20(2)17(22)16(21)14-11-18-15-6-4-3-5-13(14)15/h3-6,11-12,18H,7-10H2,1-2H3. The van der Waals surface area contributed by atoms with Gasteiger partial charge in [-0.05, 0) is 39.0 Å². The van der Waals surface area contributed by atoms with Gasteiger partial charge in [0.1, 0.15) is 0 Å². The second kappa shape index (κ2) is 5.93. The number of ketones is 1. The molecule has 2 heterocycles. The fourth-order valence-corrected chi connectivity index (χ4v) is 3.08. The van der Waals surface area contributed by atoms with Crippen molar-refractivity contribution in [1.29, 1.82) is 0 Å². The summed E-state index contributed by atoms with van der Waals surface area (Å²) < 4.78 is 0. The summed E-state index contributed by atoms with van der Waals surface area (Å²) in [6.45, 7) is 1.92. The molecule has 0 radical (unpaired) electrons. The number of likely N-dealkylation sites (tertiary alicyclic amines) is 1. The lowest BCUT2D eigenvalue weighted by atomic mass is 10.0. The monoisotopic (exact) mass is 299 g/mol. The van der Waals surface area contributed by atoms with Gasteiger partial charge >= 0.3 is 0 Å². The van der Waals surface area contributed by atoms with Crippen molar-refractivity contribution in [2.45, 2.75) is 18.9 Å². The third kappa shape index (κ3) is 2.64. The summed E-state index contributed by atoms with van der Waals surface area (Å²) >= 11 is 0. The number of piperidine rings is 1. The number of hydrogen-bond acceptors (Lipinski definition) is 3. The Morgan fingerprint density at radius 2 is 1.91 bits per heavy atom. The maximum atomic E-state index is 12.5. The summed E-state index contributed by atoms with van der Waals surface area (Å²) in [7, 11) is 3.82. The lowest BCUT2D eigenvalue weighted by Crippen LogP contribution is -2.46. The minimum Gasteiger partial charge on any atom is -0.360 e. The molecule has 22 heavy (non-hydrogen) atoms. The molecule has 0 spiro atoms. The van der Waals surface area contributed by atoms with E-state index < -0.39 is 11.7 Å². The van der Waals surface area contributed by atoms with Crippen molar-refractivity contribution >= 4 is 22.6 Å². The van der Waals surface area contributed by atoms with Crippen molar-refractivity contribution in [3.63, 3.8) is 0 Å². The average molecular weight is 299 g/mol. The highest BCUT2D eigenvalue weighted by atomic mass is 16.2. The van der Waals surface area contributed by atoms with E-state index in [1.54, 1.807) is 18.1 Å². The van der Waals surface area contributed by atoms with Crippen LogP contribution in [0.1, 0.15) is 23.2 Å². The number of likely N-dealkylation sites (N-methyl/N-ethyl adjacent to an activating group) is 1. The summed E-state index contributed by atoms with van der Waals surface area (Å²) in [4.78, 5) is 32.0. The van der Waals surface area contributed by atoms with E-state index >= 15 is 0 Å². The summed E-state index contributed by atoms with van der Waals surface area (Å²) in [5.74, 6) is -0.849. The SMILES string of the molecule is CN1CCC(N(C)C(=O)C(=O)c2c[nH]c3ccccc23)CC1. The molecule has 1 aromatic heterocycles. The molecule has 116 valence electrons. The largest absolute Gasteiger partial charge is 0.360 e. The zero-order valence-corrected chi connectivity index (χ0v) is 13.0. The zero-order valence-electron chi connectivity index (χ0n) is 13.0. The fourth-order valence-electron chi connectivity index (χ4n) is 3.08. The second-order valence-corrected chi connectivity index (χ2v) is 6.03. The van der Waals surface area contributed by atoms with E-state index in [-0.39, 0.29) is 6.04 Å². The summed E-state index contributed by atoms with van der Waals surface area (Å²) in [6.07, 6.45) is 3.47. The van der Waals surface area contributed by atoms with Gasteiger partial charge in [-0.2, -0.15) is 0 Å². The first-order valence-electron chi connectivity index (χ1n) is 7.64. The van der Waals surface area contributed by atoms with Gasteiger partial charge < -0.3 is 14.8 Å². The molecule has 0 bridgehead atoms. The molecule has 5 heteroatoms. The van der Waals surface area contributed by atoms with Gasteiger partial charge in [0.15, 0.2) is 0 Å². The number of carbonyl (C=O) groups excluding carboxylic acids is 2. The number of H-pyrrole nitrogens is 1. The number of aromatic amines is 1. The molecule has 0 aliphatic carbocycles. The van der Waals surface area contributed by atoms with E-state index in [0.29, 0.717) is 5.56 Å². The number of para-hydroxylation sites is 1. The first-order chi connectivity index (χ1) is 10.6. The molecule has 1 N–H and O–H groups in total. The Labute approximate surface area is 129 Å². The Hall–Kier alpha value is -2.14. The Balaban J connectivity index is 1.78. The van der Waals surface area contributed by atoms with Crippen LogP contribution in [-0.2, 0) is 4.79 Å². The minimum absolute atomic E-state index is 0.151. The van der Waals surface area contributed by atoms with Crippen LogP contribution < -0.4 is 0 Å². The van der Waals surface area contributed by atoms with Gasteiger partial charge in [0.05, 0.1) is 5.56 Å². The number of fused-ring (bicyclic) bond motifs is 1. The molecule has 1 amide bonds. The summed E-state index contributed by atoms with van der Waals surface area (Å²) in [5, 5.41) is 0.803. The van der Waals surface area contributed by atoms with Gasteiger partial charge in [-0.15, -0.1) is 0 Å². The van der Waals surface area contributed by atoms with Crippen LogP contribution >= 0.6 is 0 Å². The topological polar surface area (TPSA) is 56.4 Å². The maximum absolute atomic E-state index is 12.5. The second-order valence-electron chi connectivity index (χ2n) is 6.03. The van der Waals surface area contributed by atoms with E-state index in [1.807, 2.05) is 24.3 Å². The van der Waals surface area contributed by atoms with Crippen LogP contribution in [0.3, 0.4) is 0 Å². The van der Waals surface area contributed by atoms with Crippen LogP contribution in [0.5, 0.6) is 0 Å². The Kier molecular flexibility index (Phi) is 3.98. The molecular weight excluding hydrogens is 278 g/mol. The molecule has 1 saturated heterocycles. The number of rotatable bonds is 3. The van der Waals surface area contributed by atoms with E-state index in [9.17, 15) is 9.59 Å². The number of benzene rings is 1. The molecule has 3 rings (SSSR count). The van der Waals surface area contributed by atoms with Crippen LogP contribution in [0.4, 0.5) is 0 Å². The quantitative estimate of drug-likeness (QED) is 0.696. The average Bonchev–Trinajstić information content (AvgIpc) is 2.97. The van der Waals surface area contributed by atoms with Crippen LogP contribution in [0.15, 0.2) is 30.5 Å². The summed E-state index contributed by atoms with van der Waals surface area (Å²) in [5.41, 5.74) is 1.33. The number of hydrogen-bond donors (Lipinski definition) is 1. The highest BCUT2D eigenvalue weighted by molar-refractivity contribution is 6.44. The first-order valence-corrected chi connectivity index (χ1v) is 7.64.